The first-order valence-electron chi connectivity index (χ1n) is 8.51. The molecule has 6 heteroatoms. The van der Waals surface area contributed by atoms with E-state index in [4.69, 9.17) is 10.00 Å². The highest BCUT2D eigenvalue weighted by atomic mass is 16.6. The van der Waals surface area contributed by atoms with Gasteiger partial charge in [0.1, 0.15) is 5.60 Å². The standard InChI is InChI=1S/C19H27N3O3/c1-6-22(7-2)17(23)11-10-15-9-8-14(13-20)12-16(15)21-18(24)25-19(3,4)5/h8-9,12H,6-7,10-11H2,1-5H3,(H,21,24). The highest BCUT2D eigenvalue weighted by Gasteiger charge is 2.18. The Morgan fingerprint density at radius 2 is 1.88 bits per heavy atom. The quantitative estimate of drug-likeness (QED) is 0.852. The number of hydrogen-bond acceptors (Lipinski definition) is 4. The van der Waals surface area contributed by atoms with Crippen LogP contribution in [0.1, 0.15) is 52.2 Å². The van der Waals surface area contributed by atoms with E-state index in [0.29, 0.717) is 37.2 Å². The van der Waals surface area contributed by atoms with Crippen LogP contribution in [0.25, 0.3) is 0 Å². The number of ether oxygens (including phenoxy) is 1. The largest absolute Gasteiger partial charge is 0.444 e. The van der Waals surface area contributed by atoms with E-state index < -0.39 is 11.7 Å². The number of nitriles is 1. The second-order valence-electron chi connectivity index (χ2n) is 6.68. The highest BCUT2D eigenvalue weighted by Crippen LogP contribution is 2.21. The van der Waals surface area contributed by atoms with Gasteiger partial charge >= 0.3 is 6.09 Å². The summed E-state index contributed by atoms with van der Waals surface area (Å²) in [5.41, 5.74) is 1.12. The normalized spacial score (nSPS) is 10.7. The van der Waals surface area contributed by atoms with E-state index in [9.17, 15) is 9.59 Å². The van der Waals surface area contributed by atoms with Crippen molar-refractivity contribution in [1.29, 1.82) is 5.26 Å². The van der Waals surface area contributed by atoms with Crippen LogP contribution in [-0.4, -0.2) is 35.6 Å². The Morgan fingerprint density at radius 1 is 1.24 bits per heavy atom. The second-order valence-corrected chi connectivity index (χ2v) is 6.68. The third kappa shape index (κ3) is 6.84. The number of aryl methyl sites for hydroxylation is 1. The number of nitrogens with zero attached hydrogens (tertiary/aromatic N) is 2. The molecule has 1 aromatic rings. The van der Waals surface area contributed by atoms with Crippen molar-refractivity contribution in [2.24, 2.45) is 0 Å². The molecule has 0 saturated carbocycles. The number of benzene rings is 1. The van der Waals surface area contributed by atoms with Crippen molar-refractivity contribution in [2.75, 3.05) is 18.4 Å². The Labute approximate surface area is 149 Å². The van der Waals surface area contributed by atoms with Gasteiger partial charge in [-0.3, -0.25) is 10.1 Å². The van der Waals surface area contributed by atoms with Crippen LogP contribution in [0, 0.1) is 11.3 Å². The lowest BCUT2D eigenvalue weighted by molar-refractivity contribution is -0.130. The summed E-state index contributed by atoms with van der Waals surface area (Å²) < 4.78 is 5.26. The van der Waals surface area contributed by atoms with Gasteiger partial charge < -0.3 is 9.64 Å². The Balaban J connectivity index is 2.91. The smallest absolute Gasteiger partial charge is 0.412 e. The van der Waals surface area contributed by atoms with Crippen LogP contribution in [0.5, 0.6) is 0 Å². The number of carbonyl (C=O) groups is 2. The maximum absolute atomic E-state index is 12.2. The molecule has 0 aliphatic rings. The SMILES string of the molecule is CCN(CC)C(=O)CCc1ccc(C#N)cc1NC(=O)OC(C)(C)C. The average molecular weight is 345 g/mol. The molecule has 25 heavy (non-hydrogen) atoms. The molecule has 0 aliphatic heterocycles. The van der Waals surface area contributed by atoms with Crippen molar-refractivity contribution >= 4 is 17.7 Å². The van der Waals surface area contributed by atoms with Gasteiger partial charge in [-0.1, -0.05) is 6.07 Å². The van der Waals surface area contributed by atoms with Gasteiger partial charge in [-0.15, -0.1) is 0 Å². The van der Waals surface area contributed by atoms with E-state index in [0.717, 1.165) is 5.56 Å². The van der Waals surface area contributed by atoms with Gasteiger partial charge in [-0.2, -0.15) is 5.26 Å². The minimum absolute atomic E-state index is 0.0672. The molecule has 1 N–H and O–H groups in total. The molecule has 0 atom stereocenters. The Kier molecular flexibility index (Phi) is 7.43. The predicted octanol–water partition coefficient (Wildman–Crippen LogP) is 3.71. The van der Waals surface area contributed by atoms with E-state index in [1.807, 2.05) is 13.8 Å². The fourth-order valence-corrected chi connectivity index (χ4v) is 2.37. The number of anilines is 1. The van der Waals surface area contributed by atoms with Gasteiger partial charge in [0.25, 0.3) is 0 Å². The summed E-state index contributed by atoms with van der Waals surface area (Å²) in [5.74, 6) is 0.0672. The molecule has 0 heterocycles. The molecule has 0 spiro atoms. The number of hydrogen-bond donors (Lipinski definition) is 1. The maximum atomic E-state index is 12.2. The second kappa shape index (κ2) is 9.07. The van der Waals surface area contributed by atoms with E-state index in [2.05, 4.69) is 11.4 Å². The van der Waals surface area contributed by atoms with Crippen LogP contribution in [0.2, 0.25) is 0 Å². The molecule has 0 aromatic heterocycles. The van der Waals surface area contributed by atoms with E-state index >= 15 is 0 Å². The zero-order valence-corrected chi connectivity index (χ0v) is 15.7. The summed E-state index contributed by atoms with van der Waals surface area (Å²) in [6, 6.07) is 7.09. The summed E-state index contributed by atoms with van der Waals surface area (Å²) >= 11 is 0. The van der Waals surface area contributed by atoms with Gasteiger partial charge in [-0.05, 0) is 58.7 Å². The molecule has 1 rings (SSSR count). The van der Waals surface area contributed by atoms with Gasteiger partial charge in [0, 0.05) is 25.2 Å². The predicted molar refractivity (Wildman–Crippen MR) is 97.3 cm³/mol. The van der Waals surface area contributed by atoms with Gasteiger partial charge in [0.05, 0.1) is 11.6 Å². The first-order valence-corrected chi connectivity index (χ1v) is 8.51. The Bertz CT molecular complexity index is 653. The van der Waals surface area contributed by atoms with Crippen LogP contribution < -0.4 is 5.32 Å². The van der Waals surface area contributed by atoms with Crippen molar-refractivity contribution in [3.05, 3.63) is 29.3 Å². The zero-order valence-electron chi connectivity index (χ0n) is 15.7. The van der Waals surface area contributed by atoms with Crippen molar-refractivity contribution in [1.82, 2.24) is 4.90 Å². The minimum atomic E-state index is -0.615. The molecule has 0 saturated heterocycles. The van der Waals surface area contributed by atoms with Crippen LogP contribution in [0.15, 0.2) is 18.2 Å². The van der Waals surface area contributed by atoms with Crippen LogP contribution >= 0.6 is 0 Å². The van der Waals surface area contributed by atoms with Crippen molar-refractivity contribution in [2.45, 2.75) is 53.1 Å². The number of amides is 2. The first-order chi connectivity index (χ1) is 11.7. The fourth-order valence-electron chi connectivity index (χ4n) is 2.37. The van der Waals surface area contributed by atoms with Gasteiger partial charge in [-0.25, -0.2) is 4.79 Å². The summed E-state index contributed by atoms with van der Waals surface area (Å²) in [5, 5.41) is 11.8. The number of rotatable bonds is 6. The number of nitrogens with one attached hydrogen (secondary N) is 1. The molecule has 1 aromatic carbocycles. The highest BCUT2D eigenvalue weighted by molar-refractivity contribution is 5.86. The third-order valence-electron chi connectivity index (χ3n) is 3.60. The minimum Gasteiger partial charge on any atom is -0.444 e. The van der Waals surface area contributed by atoms with Crippen LogP contribution in [0.4, 0.5) is 10.5 Å². The lowest BCUT2D eigenvalue weighted by Crippen LogP contribution is -2.30. The third-order valence-corrected chi connectivity index (χ3v) is 3.60. The monoisotopic (exact) mass is 345 g/mol. The molecule has 6 nitrogen and oxygen atoms in total. The van der Waals surface area contributed by atoms with E-state index in [-0.39, 0.29) is 5.91 Å². The molecule has 0 radical (unpaired) electrons. The van der Waals surface area contributed by atoms with E-state index in [1.54, 1.807) is 43.9 Å². The summed E-state index contributed by atoms with van der Waals surface area (Å²) in [6.45, 7) is 10.6. The molecule has 0 fully saturated rings. The molecular formula is C19H27N3O3. The summed E-state index contributed by atoms with van der Waals surface area (Å²) in [4.78, 5) is 26.0. The van der Waals surface area contributed by atoms with Crippen molar-refractivity contribution in [3.63, 3.8) is 0 Å². The van der Waals surface area contributed by atoms with Crippen molar-refractivity contribution < 1.29 is 14.3 Å². The first kappa shape index (κ1) is 20.5. The zero-order chi connectivity index (χ0) is 19.0. The van der Waals surface area contributed by atoms with Crippen LogP contribution in [-0.2, 0) is 16.0 Å². The molecule has 0 unspecified atom stereocenters. The molecular weight excluding hydrogens is 318 g/mol. The van der Waals surface area contributed by atoms with Gasteiger partial charge in [0.15, 0.2) is 0 Å². The lowest BCUT2D eigenvalue weighted by Gasteiger charge is -2.21. The summed E-state index contributed by atoms with van der Waals surface area (Å²) in [7, 11) is 0. The topological polar surface area (TPSA) is 82.4 Å². The summed E-state index contributed by atoms with van der Waals surface area (Å²) in [6.07, 6.45) is 0.238. The average Bonchev–Trinajstić information content (AvgIpc) is 2.52. The van der Waals surface area contributed by atoms with E-state index in [1.165, 1.54) is 0 Å². The van der Waals surface area contributed by atoms with Gasteiger partial charge in [0.2, 0.25) is 5.91 Å². The number of carbonyl (C=O) groups excluding carboxylic acids is 2. The maximum Gasteiger partial charge on any atom is 0.412 e. The Morgan fingerprint density at radius 3 is 2.40 bits per heavy atom. The molecule has 0 aliphatic carbocycles. The van der Waals surface area contributed by atoms with Crippen LogP contribution in [0.3, 0.4) is 0 Å². The Hall–Kier alpha value is -2.55. The molecule has 0 bridgehead atoms. The molecule has 2 amide bonds. The molecule has 136 valence electrons. The fraction of sp³-hybridized carbons (Fsp3) is 0.526. The van der Waals surface area contributed by atoms with Crippen molar-refractivity contribution in [3.8, 4) is 6.07 Å². The lowest BCUT2D eigenvalue weighted by atomic mass is 10.0.